The number of halogens is 1. The normalized spacial score (nSPS) is 10.1. The van der Waals surface area contributed by atoms with Gasteiger partial charge in [0.05, 0.1) is 6.20 Å². The molecule has 0 fully saturated rings. The van der Waals surface area contributed by atoms with Crippen molar-refractivity contribution < 1.29 is 21.8 Å². The molecule has 0 spiro atoms. The molecular formula is C15H17ClN2O. The number of benzene rings is 1. The van der Waals surface area contributed by atoms with Crippen molar-refractivity contribution in [3.05, 3.63) is 54.4 Å². The molecule has 2 rings (SSSR count). The maximum atomic E-state index is 11.5. The molecule has 3 nitrogen and oxygen atoms in total. The summed E-state index contributed by atoms with van der Waals surface area (Å²) >= 11 is 0. The zero-order valence-corrected chi connectivity index (χ0v) is 11.8. The molecule has 0 aliphatic heterocycles. The van der Waals surface area contributed by atoms with Crippen LogP contribution in [0.3, 0.4) is 0 Å². The van der Waals surface area contributed by atoms with Gasteiger partial charge >= 0.3 is 6.03 Å². The first kappa shape index (κ1) is 15.2. The Morgan fingerprint density at radius 2 is 1.74 bits per heavy atom. The lowest BCUT2D eigenvalue weighted by molar-refractivity contribution is -0.579. The Hall–Kier alpha value is -1.87. The van der Waals surface area contributed by atoms with Crippen LogP contribution in [0.4, 0.5) is 4.79 Å². The fourth-order valence-electron chi connectivity index (χ4n) is 2.16. The van der Waals surface area contributed by atoms with Crippen LogP contribution in [0.25, 0.3) is 11.1 Å². The smallest absolute Gasteiger partial charge is 0.493 e. The number of amides is 1. The van der Waals surface area contributed by atoms with Gasteiger partial charge in [0.1, 0.15) is 5.69 Å². The van der Waals surface area contributed by atoms with E-state index < -0.39 is 6.03 Å². The third kappa shape index (κ3) is 3.12. The minimum Gasteiger partial charge on any atom is -1.00 e. The lowest BCUT2D eigenvalue weighted by Crippen LogP contribution is -3.00. The molecule has 1 aromatic carbocycles. The standard InChI is InChI=1S/C15H16N2O.ClH/c1-11(2)14-13(12-7-4-3-5-8-12)9-6-10-17(14)15(16)18;/h3-11H,1-2H3,(H-,16,18);1H. The van der Waals surface area contributed by atoms with E-state index in [4.69, 9.17) is 5.73 Å². The number of nitrogens with zero attached hydrogens (tertiary/aromatic N) is 1. The molecule has 4 heteroatoms. The third-order valence-corrected chi connectivity index (χ3v) is 2.90. The lowest BCUT2D eigenvalue weighted by Gasteiger charge is -2.13. The Bertz CT molecular complexity index is 568. The number of carbonyl (C=O) groups excluding carboxylic acids is 1. The van der Waals surface area contributed by atoms with Crippen LogP contribution in [0.5, 0.6) is 0 Å². The second-order valence-corrected chi connectivity index (χ2v) is 4.54. The second kappa shape index (κ2) is 6.34. The molecule has 2 N–H and O–H groups in total. The van der Waals surface area contributed by atoms with Crippen LogP contribution >= 0.6 is 0 Å². The van der Waals surface area contributed by atoms with Crippen LogP contribution in [0.15, 0.2) is 48.7 Å². The van der Waals surface area contributed by atoms with Crippen molar-refractivity contribution in [1.29, 1.82) is 0 Å². The van der Waals surface area contributed by atoms with Gasteiger partial charge in [0.2, 0.25) is 0 Å². The Morgan fingerprint density at radius 1 is 1.11 bits per heavy atom. The number of rotatable bonds is 2. The SMILES string of the molecule is CC(C)c1c(-c2ccccc2)ccc[n+]1C(N)=O.[Cl-]. The number of hydrogen-bond acceptors (Lipinski definition) is 1. The van der Waals surface area contributed by atoms with E-state index in [1.54, 1.807) is 6.20 Å². The maximum Gasteiger partial charge on any atom is 0.493 e. The van der Waals surface area contributed by atoms with E-state index in [0.29, 0.717) is 0 Å². The summed E-state index contributed by atoms with van der Waals surface area (Å²) in [6.45, 7) is 4.11. The summed E-state index contributed by atoms with van der Waals surface area (Å²) in [4.78, 5) is 11.5. The van der Waals surface area contributed by atoms with Gasteiger partial charge in [-0.3, -0.25) is 5.73 Å². The highest BCUT2D eigenvalue weighted by Gasteiger charge is 2.20. The Kier molecular flexibility index (Phi) is 5.07. The predicted molar refractivity (Wildman–Crippen MR) is 71.1 cm³/mol. The molecule has 0 bridgehead atoms. The summed E-state index contributed by atoms with van der Waals surface area (Å²) < 4.78 is 1.52. The van der Waals surface area contributed by atoms with E-state index in [1.165, 1.54) is 4.57 Å². The van der Waals surface area contributed by atoms with Gasteiger partial charge in [0, 0.05) is 11.5 Å². The first-order chi connectivity index (χ1) is 8.61. The average Bonchev–Trinajstić information content (AvgIpc) is 2.38. The Balaban J connectivity index is 0.00000180. The van der Waals surface area contributed by atoms with Gasteiger partial charge in [0.15, 0.2) is 0 Å². The van der Waals surface area contributed by atoms with E-state index in [1.807, 2.05) is 42.5 Å². The van der Waals surface area contributed by atoms with Crippen LogP contribution in [-0.4, -0.2) is 6.03 Å². The highest BCUT2D eigenvalue weighted by molar-refractivity contribution is 5.68. The Labute approximate surface area is 119 Å². The van der Waals surface area contributed by atoms with Crippen LogP contribution in [0.2, 0.25) is 0 Å². The first-order valence-electron chi connectivity index (χ1n) is 6.01. The molecule has 1 amide bonds. The highest BCUT2D eigenvalue weighted by atomic mass is 35.5. The molecule has 1 heterocycles. The summed E-state index contributed by atoms with van der Waals surface area (Å²) in [5.41, 5.74) is 8.51. The average molecular weight is 277 g/mol. The fraction of sp³-hybridized carbons (Fsp3) is 0.200. The fourth-order valence-corrected chi connectivity index (χ4v) is 2.16. The summed E-state index contributed by atoms with van der Waals surface area (Å²) in [6.07, 6.45) is 1.71. The van der Waals surface area contributed by atoms with Crippen molar-refractivity contribution in [3.8, 4) is 11.1 Å². The summed E-state index contributed by atoms with van der Waals surface area (Å²) in [5.74, 6) is 0.217. The van der Waals surface area contributed by atoms with Crippen molar-refractivity contribution >= 4 is 6.03 Å². The van der Waals surface area contributed by atoms with Gasteiger partial charge in [-0.1, -0.05) is 44.2 Å². The molecule has 0 saturated heterocycles. The zero-order valence-electron chi connectivity index (χ0n) is 11.0. The third-order valence-electron chi connectivity index (χ3n) is 2.90. The van der Waals surface area contributed by atoms with E-state index >= 15 is 0 Å². The molecule has 0 saturated carbocycles. The summed E-state index contributed by atoms with van der Waals surface area (Å²) in [6, 6.07) is 13.4. The first-order valence-corrected chi connectivity index (χ1v) is 6.01. The lowest BCUT2D eigenvalue weighted by atomic mass is 9.97. The zero-order chi connectivity index (χ0) is 13.1. The van der Waals surface area contributed by atoms with E-state index in [2.05, 4.69) is 13.8 Å². The highest BCUT2D eigenvalue weighted by Crippen LogP contribution is 2.25. The van der Waals surface area contributed by atoms with Gasteiger partial charge in [0.25, 0.3) is 0 Å². The summed E-state index contributed by atoms with van der Waals surface area (Å²) in [5, 5.41) is 0. The molecule has 100 valence electrons. The Morgan fingerprint density at radius 3 is 2.26 bits per heavy atom. The second-order valence-electron chi connectivity index (χ2n) is 4.54. The molecule has 2 aromatic rings. The minimum absolute atomic E-state index is 0. The largest absolute Gasteiger partial charge is 1.00 e. The monoisotopic (exact) mass is 276 g/mol. The van der Waals surface area contributed by atoms with Crippen LogP contribution in [-0.2, 0) is 0 Å². The van der Waals surface area contributed by atoms with Crippen molar-refractivity contribution in [2.45, 2.75) is 19.8 Å². The summed E-state index contributed by atoms with van der Waals surface area (Å²) in [7, 11) is 0. The van der Waals surface area contributed by atoms with Crippen LogP contribution < -0.4 is 22.7 Å². The number of pyridine rings is 1. The van der Waals surface area contributed by atoms with E-state index in [0.717, 1.165) is 16.8 Å². The number of aromatic nitrogens is 1. The van der Waals surface area contributed by atoms with Gasteiger partial charge in [-0.25, -0.2) is 0 Å². The molecule has 1 aromatic heterocycles. The maximum absolute atomic E-state index is 11.5. The van der Waals surface area contributed by atoms with E-state index in [9.17, 15) is 4.79 Å². The van der Waals surface area contributed by atoms with Crippen LogP contribution in [0.1, 0.15) is 25.5 Å². The topological polar surface area (TPSA) is 47.0 Å². The molecule has 19 heavy (non-hydrogen) atoms. The van der Waals surface area contributed by atoms with E-state index in [-0.39, 0.29) is 18.3 Å². The molecule has 0 aliphatic carbocycles. The van der Waals surface area contributed by atoms with Crippen molar-refractivity contribution in [3.63, 3.8) is 0 Å². The molecule has 0 aliphatic rings. The van der Waals surface area contributed by atoms with Crippen molar-refractivity contribution in [1.82, 2.24) is 0 Å². The van der Waals surface area contributed by atoms with Crippen LogP contribution in [0, 0.1) is 0 Å². The number of nitrogens with two attached hydrogens (primary N) is 1. The molecule has 0 atom stereocenters. The minimum atomic E-state index is -0.448. The molecule has 0 unspecified atom stereocenters. The van der Waals surface area contributed by atoms with Crippen molar-refractivity contribution in [2.24, 2.45) is 5.73 Å². The number of carbonyl (C=O) groups is 1. The number of primary amides is 1. The van der Waals surface area contributed by atoms with Gasteiger partial charge in [-0.15, -0.1) is 0 Å². The molecule has 0 radical (unpaired) electrons. The van der Waals surface area contributed by atoms with Gasteiger partial charge in [-0.2, -0.15) is 9.36 Å². The predicted octanol–water partition coefficient (Wildman–Crippen LogP) is -0.305. The van der Waals surface area contributed by atoms with Gasteiger partial charge < -0.3 is 12.4 Å². The number of hydrogen-bond donors (Lipinski definition) is 1. The molecular weight excluding hydrogens is 260 g/mol. The van der Waals surface area contributed by atoms with Crippen molar-refractivity contribution in [2.75, 3.05) is 0 Å². The van der Waals surface area contributed by atoms with Gasteiger partial charge in [-0.05, 0) is 17.7 Å². The quantitative estimate of drug-likeness (QED) is 0.752.